The molecule has 2 N–H and O–H groups in total. The van der Waals surface area contributed by atoms with Crippen molar-refractivity contribution in [3.8, 4) is 0 Å². The van der Waals surface area contributed by atoms with Crippen LogP contribution >= 0.6 is 0 Å². The van der Waals surface area contributed by atoms with Crippen molar-refractivity contribution in [2.45, 2.75) is 32.9 Å². The third-order valence-electron chi connectivity index (χ3n) is 3.00. The van der Waals surface area contributed by atoms with Gasteiger partial charge in [-0.15, -0.1) is 0 Å². The summed E-state index contributed by atoms with van der Waals surface area (Å²) >= 11 is 0. The van der Waals surface area contributed by atoms with Crippen LogP contribution < -0.4 is 10.6 Å². The van der Waals surface area contributed by atoms with Crippen molar-refractivity contribution in [2.24, 2.45) is 5.41 Å². The monoisotopic (exact) mass is 218 g/mol. The van der Waals surface area contributed by atoms with Crippen LogP contribution in [-0.2, 0) is 0 Å². The quantitative estimate of drug-likeness (QED) is 0.747. The van der Waals surface area contributed by atoms with Gasteiger partial charge in [0.2, 0.25) is 0 Å². The fraction of sp³-hybridized carbons (Fsp3) is 0.462. The van der Waals surface area contributed by atoms with Gasteiger partial charge in [0.25, 0.3) is 0 Å². The van der Waals surface area contributed by atoms with Gasteiger partial charge < -0.3 is 10.6 Å². The minimum Gasteiger partial charge on any atom is -0.332 e. The lowest BCUT2D eigenvalue weighted by Gasteiger charge is -2.31. The van der Waals surface area contributed by atoms with Gasteiger partial charge in [-0.05, 0) is 11.0 Å². The standard InChI is InChI=1S/C13H18N2O/c1-13(2,3)11-10(14-12(16)15-11)9-7-5-4-6-8-9/h4-8,10-11H,1-3H3,(H2,14,15,16)/t10-,11+/m0/s1. The summed E-state index contributed by atoms with van der Waals surface area (Å²) in [5.74, 6) is 0. The first-order chi connectivity index (χ1) is 7.48. The molecule has 1 saturated heterocycles. The highest BCUT2D eigenvalue weighted by molar-refractivity contribution is 5.78. The molecule has 1 aromatic carbocycles. The third kappa shape index (κ3) is 2.03. The molecule has 86 valence electrons. The van der Waals surface area contributed by atoms with Crippen LogP contribution in [0.25, 0.3) is 0 Å². The Balaban J connectivity index is 2.30. The average Bonchev–Trinajstić information content (AvgIpc) is 2.61. The van der Waals surface area contributed by atoms with Gasteiger partial charge in [0.1, 0.15) is 0 Å². The predicted octanol–water partition coefficient (Wildman–Crippen LogP) is 2.46. The molecule has 1 heterocycles. The van der Waals surface area contributed by atoms with Crippen molar-refractivity contribution in [1.29, 1.82) is 0 Å². The Hall–Kier alpha value is -1.51. The van der Waals surface area contributed by atoms with Gasteiger partial charge >= 0.3 is 6.03 Å². The molecule has 16 heavy (non-hydrogen) atoms. The Morgan fingerprint density at radius 2 is 1.69 bits per heavy atom. The lowest BCUT2D eigenvalue weighted by molar-refractivity contribution is 0.240. The van der Waals surface area contributed by atoms with Crippen LogP contribution in [0.1, 0.15) is 32.4 Å². The zero-order chi connectivity index (χ0) is 11.8. The number of amides is 2. The Bertz CT molecular complexity index is 381. The van der Waals surface area contributed by atoms with E-state index in [9.17, 15) is 4.79 Å². The first-order valence-electron chi connectivity index (χ1n) is 5.60. The van der Waals surface area contributed by atoms with Crippen LogP contribution in [0.15, 0.2) is 30.3 Å². The van der Waals surface area contributed by atoms with E-state index in [0.717, 1.165) is 5.56 Å². The number of nitrogens with one attached hydrogen (secondary N) is 2. The minimum atomic E-state index is -0.0752. The molecule has 3 heteroatoms. The second-order valence-electron chi connectivity index (χ2n) is 5.35. The Labute approximate surface area is 96.2 Å². The summed E-state index contributed by atoms with van der Waals surface area (Å²) in [6, 6.07) is 10.2. The van der Waals surface area contributed by atoms with Gasteiger partial charge in [0, 0.05) is 0 Å². The van der Waals surface area contributed by atoms with Crippen molar-refractivity contribution in [3.63, 3.8) is 0 Å². The second kappa shape index (κ2) is 3.81. The zero-order valence-corrected chi connectivity index (χ0v) is 9.95. The predicted molar refractivity (Wildman–Crippen MR) is 64.1 cm³/mol. The van der Waals surface area contributed by atoms with Crippen LogP contribution in [0, 0.1) is 5.41 Å². The molecule has 2 amide bonds. The van der Waals surface area contributed by atoms with Gasteiger partial charge in [-0.25, -0.2) is 4.79 Å². The first kappa shape index (κ1) is 11.0. The lowest BCUT2D eigenvalue weighted by Crippen LogP contribution is -2.39. The Kier molecular flexibility index (Phi) is 2.62. The molecular weight excluding hydrogens is 200 g/mol. The molecule has 0 spiro atoms. The molecule has 1 aliphatic rings. The number of hydrogen-bond acceptors (Lipinski definition) is 1. The lowest BCUT2D eigenvalue weighted by atomic mass is 9.81. The van der Waals surface area contributed by atoms with E-state index < -0.39 is 0 Å². The molecule has 0 saturated carbocycles. The smallest absolute Gasteiger partial charge is 0.315 e. The highest BCUT2D eigenvalue weighted by Gasteiger charge is 2.39. The number of benzene rings is 1. The van der Waals surface area contributed by atoms with Crippen molar-refractivity contribution < 1.29 is 4.79 Å². The molecule has 0 aliphatic carbocycles. The van der Waals surface area contributed by atoms with E-state index in [0.29, 0.717) is 0 Å². The van der Waals surface area contributed by atoms with Crippen molar-refractivity contribution in [2.75, 3.05) is 0 Å². The van der Waals surface area contributed by atoms with E-state index in [-0.39, 0.29) is 23.5 Å². The number of carbonyl (C=O) groups is 1. The van der Waals surface area contributed by atoms with Crippen molar-refractivity contribution >= 4 is 6.03 Å². The number of hydrogen-bond donors (Lipinski definition) is 2. The maximum atomic E-state index is 11.5. The van der Waals surface area contributed by atoms with E-state index >= 15 is 0 Å². The molecule has 2 rings (SSSR count). The van der Waals surface area contributed by atoms with Crippen LogP contribution in [0.4, 0.5) is 4.79 Å². The summed E-state index contributed by atoms with van der Waals surface area (Å²) in [6.07, 6.45) is 0. The summed E-state index contributed by atoms with van der Waals surface area (Å²) in [4.78, 5) is 11.5. The zero-order valence-electron chi connectivity index (χ0n) is 9.95. The summed E-state index contributed by atoms with van der Waals surface area (Å²) in [6.45, 7) is 6.42. The van der Waals surface area contributed by atoms with Crippen molar-refractivity contribution in [3.05, 3.63) is 35.9 Å². The fourth-order valence-electron chi connectivity index (χ4n) is 2.14. The number of rotatable bonds is 1. The maximum Gasteiger partial charge on any atom is 0.315 e. The van der Waals surface area contributed by atoms with Crippen LogP contribution in [0.2, 0.25) is 0 Å². The number of carbonyl (C=O) groups excluding carboxylic acids is 1. The molecular formula is C13H18N2O. The normalized spacial score (nSPS) is 25.1. The molecule has 1 fully saturated rings. The van der Waals surface area contributed by atoms with E-state index in [4.69, 9.17) is 0 Å². The van der Waals surface area contributed by atoms with Gasteiger partial charge in [0.15, 0.2) is 0 Å². The first-order valence-corrected chi connectivity index (χ1v) is 5.60. The fourth-order valence-corrected chi connectivity index (χ4v) is 2.14. The Morgan fingerprint density at radius 3 is 2.25 bits per heavy atom. The molecule has 1 aliphatic heterocycles. The topological polar surface area (TPSA) is 41.1 Å². The van der Waals surface area contributed by atoms with Gasteiger partial charge in [-0.2, -0.15) is 0 Å². The maximum absolute atomic E-state index is 11.5. The molecule has 0 bridgehead atoms. The molecule has 0 radical (unpaired) electrons. The SMILES string of the molecule is CC(C)(C)[C@@H]1NC(=O)N[C@H]1c1ccccc1. The van der Waals surface area contributed by atoms with E-state index in [1.165, 1.54) is 0 Å². The van der Waals surface area contributed by atoms with Crippen LogP contribution in [0.5, 0.6) is 0 Å². The molecule has 0 aromatic heterocycles. The third-order valence-corrected chi connectivity index (χ3v) is 3.00. The van der Waals surface area contributed by atoms with Crippen LogP contribution in [0.3, 0.4) is 0 Å². The minimum absolute atomic E-state index is 0.0413. The van der Waals surface area contributed by atoms with Gasteiger partial charge in [-0.1, -0.05) is 51.1 Å². The summed E-state index contributed by atoms with van der Waals surface area (Å²) in [7, 11) is 0. The molecule has 2 atom stereocenters. The molecule has 1 aromatic rings. The van der Waals surface area contributed by atoms with Gasteiger partial charge in [-0.3, -0.25) is 0 Å². The summed E-state index contributed by atoms with van der Waals surface area (Å²) in [5, 5.41) is 5.97. The highest BCUT2D eigenvalue weighted by Crippen LogP contribution is 2.32. The number of urea groups is 1. The average molecular weight is 218 g/mol. The van der Waals surface area contributed by atoms with Gasteiger partial charge in [0.05, 0.1) is 12.1 Å². The van der Waals surface area contributed by atoms with Crippen molar-refractivity contribution in [1.82, 2.24) is 10.6 Å². The second-order valence-corrected chi connectivity index (χ2v) is 5.35. The highest BCUT2D eigenvalue weighted by atomic mass is 16.2. The molecule has 0 unspecified atom stereocenters. The Morgan fingerprint density at radius 1 is 1.06 bits per heavy atom. The van der Waals surface area contributed by atoms with E-state index in [2.05, 4.69) is 43.5 Å². The van der Waals surface area contributed by atoms with E-state index in [1.54, 1.807) is 0 Å². The van der Waals surface area contributed by atoms with E-state index in [1.807, 2.05) is 18.2 Å². The summed E-state index contributed by atoms with van der Waals surface area (Å²) < 4.78 is 0. The van der Waals surface area contributed by atoms with Crippen LogP contribution in [-0.4, -0.2) is 12.1 Å². The molecule has 3 nitrogen and oxygen atoms in total. The largest absolute Gasteiger partial charge is 0.332 e. The summed E-state index contributed by atoms with van der Waals surface area (Å²) in [5.41, 5.74) is 1.19.